The molecule has 1 N–H and O–H groups in total. The Bertz CT molecular complexity index is 717. The number of halogens is 1. The Morgan fingerprint density at radius 3 is 2.46 bits per heavy atom. The lowest BCUT2D eigenvalue weighted by Crippen LogP contribution is -2.33. The second kappa shape index (κ2) is 8.64. The van der Waals surface area contributed by atoms with Gasteiger partial charge in [-0.05, 0) is 36.2 Å². The summed E-state index contributed by atoms with van der Waals surface area (Å²) in [6.07, 6.45) is 0.265. The molecule has 0 fully saturated rings. The van der Waals surface area contributed by atoms with Gasteiger partial charge in [-0.2, -0.15) is 0 Å². The summed E-state index contributed by atoms with van der Waals surface area (Å²) in [4.78, 5) is 25.6. The van der Waals surface area contributed by atoms with Gasteiger partial charge in [-0.1, -0.05) is 46.3 Å². The largest absolute Gasteiger partial charge is 0.352 e. The van der Waals surface area contributed by atoms with Crippen LogP contribution in [0.15, 0.2) is 53.0 Å². The van der Waals surface area contributed by atoms with E-state index >= 15 is 0 Å². The van der Waals surface area contributed by atoms with Crippen LogP contribution in [0.1, 0.15) is 24.5 Å². The minimum Gasteiger partial charge on any atom is -0.352 e. The van der Waals surface area contributed by atoms with Gasteiger partial charge in [0.05, 0.1) is 0 Å². The molecule has 24 heavy (non-hydrogen) atoms. The zero-order valence-corrected chi connectivity index (χ0v) is 15.5. The van der Waals surface area contributed by atoms with Gasteiger partial charge in [-0.25, -0.2) is 0 Å². The first-order valence-electron chi connectivity index (χ1n) is 7.82. The number of rotatable bonds is 6. The van der Waals surface area contributed by atoms with Crippen molar-refractivity contribution in [2.24, 2.45) is 0 Å². The van der Waals surface area contributed by atoms with Crippen molar-refractivity contribution < 1.29 is 9.59 Å². The molecule has 0 saturated carbocycles. The first-order chi connectivity index (χ1) is 11.5. The molecule has 126 valence electrons. The minimum absolute atomic E-state index is 0.0704. The molecule has 0 heterocycles. The topological polar surface area (TPSA) is 49.4 Å². The van der Waals surface area contributed by atoms with Crippen LogP contribution in [-0.2, 0) is 16.1 Å². The number of benzene rings is 2. The molecule has 0 aliphatic rings. The van der Waals surface area contributed by atoms with E-state index in [-0.39, 0.29) is 18.2 Å². The van der Waals surface area contributed by atoms with Crippen molar-refractivity contribution >= 4 is 33.4 Å². The number of anilines is 1. The lowest BCUT2D eigenvalue weighted by atomic mass is 10.2. The second-order valence-corrected chi connectivity index (χ2v) is 6.47. The lowest BCUT2D eigenvalue weighted by Gasteiger charge is -2.21. The van der Waals surface area contributed by atoms with Crippen molar-refractivity contribution in [2.75, 3.05) is 11.4 Å². The maximum Gasteiger partial charge on any atom is 0.223 e. The predicted octanol–water partition coefficient (Wildman–Crippen LogP) is 3.82. The first-order valence-corrected chi connectivity index (χ1v) is 8.61. The Hall–Kier alpha value is -2.14. The molecule has 0 aliphatic heterocycles. The highest BCUT2D eigenvalue weighted by Crippen LogP contribution is 2.23. The minimum atomic E-state index is -0.0763. The quantitative estimate of drug-likeness (QED) is 0.817. The third-order valence-corrected chi connectivity index (χ3v) is 4.62. The summed E-state index contributed by atoms with van der Waals surface area (Å²) in [5.41, 5.74) is 2.91. The van der Waals surface area contributed by atoms with Crippen LogP contribution in [0.5, 0.6) is 0 Å². The number of carbonyl (C=O) groups is 2. The highest BCUT2D eigenvalue weighted by atomic mass is 79.9. The average molecular weight is 389 g/mol. The van der Waals surface area contributed by atoms with E-state index in [0.29, 0.717) is 13.1 Å². The summed E-state index contributed by atoms with van der Waals surface area (Å²) in [7, 11) is 0. The molecular weight excluding hydrogens is 368 g/mol. The summed E-state index contributed by atoms with van der Waals surface area (Å²) in [6.45, 7) is 4.34. The van der Waals surface area contributed by atoms with Gasteiger partial charge in [0, 0.05) is 36.6 Å². The first kappa shape index (κ1) is 18.2. The van der Waals surface area contributed by atoms with E-state index in [1.165, 1.54) is 6.92 Å². The molecule has 2 aromatic rings. The zero-order chi connectivity index (χ0) is 17.5. The molecule has 0 aliphatic carbocycles. The normalized spacial score (nSPS) is 10.3. The van der Waals surface area contributed by atoms with E-state index in [0.717, 1.165) is 21.3 Å². The van der Waals surface area contributed by atoms with Crippen LogP contribution in [-0.4, -0.2) is 18.4 Å². The van der Waals surface area contributed by atoms with E-state index < -0.39 is 0 Å². The number of amides is 2. The summed E-state index contributed by atoms with van der Waals surface area (Å²) in [6, 6.07) is 15.5. The van der Waals surface area contributed by atoms with E-state index in [1.807, 2.05) is 55.5 Å². The van der Waals surface area contributed by atoms with Gasteiger partial charge in [0.25, 0.3) is 0 Å². The number of hydrogen-bond acceptors (Lipinski definition) is 2. The van der Waals surface area contributed by atoms with Crippen molar-refractivity contribution in [2.45, 2.75) is 26.8 Å². The van der Waals surface area contributed by atoms with Crippen molar-refractivity contribution in [1.82, 2.24) is 5.32 Å². The maximum absolute atomic E-state index is 12.0. The van der Waals surface area contributed by atoms with Crippen LogP contribution in [0.2, 0.25) is 0 Å². The molecule has 0 spiro atoms. The Labute approximate surface area is 151 Å². The standard InChI is InChI=1S/C19H21BrN2O2/c1-14-12-17(8-9-18(14)20)22(15(2)23)11-10-19(24)21-13-16-6-4-3-5-7-16/h3-9,12H,10-11,13H2,1-2H3,(H,21,24). The molecular formula is C19H21BrN2O2. The van der Waals surface area contributed by atoms with Crippen LogP contribution >= 0.6 is 15.9 Å². The van der Waals surface area contributed by atoms with Crippen molar-refractivity contribution in [1.29, 1.82) is 0 Å². The number of nitrogens with one attached hydrogen (secondary N) is 1. The SMILES string of the molecule is CC(=O)N(CCC(=O)NCc1ccccc1)c1ccc(Br)c(C)c1. The highest BCUT2D eigenvalue weighted by Gasteiger charge is 2.14. The molecule has 0 radical (unpaired) electrons. The monoisotopic (exact) mass is 388 g/mol. The fourth-order valence-corrected chi connectivity index (χ4v) is 2.61. The number of hydrogen-bond donors (Lipinski definition) is 1. The van der Waals surface area contributed by atoms with E-state index in [1.54, 1.807) is 4.90 Å². The number of aryl methyl sites for hydroxylation is 1. The molecule has 0 unspecified atom stereocenters. The van der Waals surface area contributed by atoms with Crippen LogP contribution in [0.3, 0.4) is 0 Å². The summed E-state index contributed by atoms with van der Waals surface area (Å²) < 4.78 is 0.996. The van der Waals surface area contributed by atoms with Crippen molar-refractivity contribution in [3.05, 3.63) is 64.1 Å². The fraction of sp³-hybridized carbons (Fsp3) is 0.263. The summed E-state index contributed by atoms with van der Waals surface area (Å²) in [5, 5.41) is 2.88. The third-order valence-electron chi connectivity index (χ3n) is 3.73. The Balaban J connectivity index is 1.92. The molecule has 0 saturated heterocycles. The van der Waals surface area contributed by atoms with Crippen LogP contribution in [0.4, 0.5) is 5.69 Å². The Kier molecular flexibility index (Phi) is 6.55. The highest BCUT2D eigenvalue weighted by molar-refractivity contribution is 9.10. The zero-order valence-electron chi connectivity index (χ0n) is 13.9. The van der Waals surface area contributed by atoms with E-state index in [2.05, 4.69) is 21.2 Å². The van der Waals surface area contributed by atoms with Crippen LogP contribution in [0, 0.1) is 6.92 Å². The molecule has 2 amide bonds. The van der Waals surface area contributed by atoms with Gasteiger partial charge in [-0.3, -0.25) is 9.59 Å². The lowest BCUT2D eigenvalue weighted by molar-refractivity contribution is -0.121. The summed E-state index contributed by atoms with van der Waals surface area (Å²) in [5.74, 6) is -0.147. The average Bonchev–Trinajstić information content (AvgIpc) is 2.57. The number of carbonyl (C=O) groups excluding carboxylic acids is 2. The molecule has 0 bridgehead atoms. The van der Waals surface area contributed by atoms with Crippen LogP contribution < -0.4 is 10.2 Å². The smallest absolute Gasteiger partial charge is 0.223 e. The second-order valence-electron chi connectivity index (χ2n) is 5.62. The van der Waals surface area contributed by atoms with E-state index in [9.17, 15) is 9.59 Å². The fourth-order valence-electron chi connectivity index (χ4n) is 2.36. The van der Waals surface area contributed by atoms with Gasteiger partial charge >= 0.3 is 0 Å². The molecule has 0 aromatic heterocycles. The van der Waals surface area contributed by atoms with Gasteiger partial charge in [0.1, 0.15) is 0 Å². The Morgan fingerprint density at radius 1 is 1.12 bits per heavy atom. The molecule has 2 aromatic carbocycles. The molecule has 0 atom stereocenters. The maximum atomic E-state index is 12.0. The third kappa shape index (κ3) is 5.20. The molecule has 5 heteroatoms. The number of nitrogens with zero attached hydrogens (tertiary/aromatic N) is 1. The van der Waals surface area contributed by atoms with Gasteiger partial charge < -0.3 is 10.2 Å². The van der Waals surface area contributed by atoms with Crippen molar-refractivity contribution in [3.63, 3.8) is 0 Å². The summed E-state index contributed by atoms with van der Waals surface area (Å²) >= 11 is 3.45. The predicted molar refractivity (Wildman–Crippen MR) is 99.8 cm³/mol. The van der Waals surface area contributed by atoms with Gasteiger partial charge in [0.2, 0.25) is 11.8 Å². The van der Waals surface area contributed by atoms with Crippen LogP contribution in [0.25, 0.3) is 0 Å². The van der Waals surface area contributed by atoms with Crippen molar-refractivity contribution in [3.8, 4) is 0 Å². The van der Waals surface area contributed by atoms with Gasteiger partial charge in [-0.15, -0.1) is 0 Å². The molecule has 2 rings (SSSR count). The van der Waals surface area contributed by atoms with Gasteiger partial charge in [0.15, 0.2) is 0 Å². The van der Waals surface area contributed by atoms with E-state index in [4.69, 9.17) is 0 Å². The molecule has 4 nitrogen and oxygen atoms in total. The Morgan fingerprint density at radius 2 is 1.83 bits per heavy atom.